The van der Waals surface area contributed by atoms with Crippen molar-refractivity contribution in [3.05, 3.63) is 29.8 Å². The van der Waals surface area contributed by atoms with E-state index >= 15 is 0 Å². The first kappa shape index (κ1) is 29.3. The lowest BCUT2D eigenvalue weighted by molar-refractivity contribution is -0.140. The Hall–Kier alpha value is -2.77. The lowest BCUT2D eigenvalue weighted by Gasteiger charge is -2.32. The number of hydrogen-bond donors (Lipinski definition) is 3. The molecule has 1 unspecified atom stereocenters. The third-order valence-corrected chi connectivity index (χ3v) is 5.08. The second-order valence-electron chi connectivity index (χ2n) is 9.83. The molecule has 0 spiro atoms. The highest BCUT2D eigenvalue weighted by Gasteiger charge is 2.33. The Morgan fingerprint density at radius 1 is 1.03 bits per heavy atom. The predicted octanol–water partition coefficient (Wildman–Crippen LogP) is 4.67. The summed E-state index contributed by atoms with van der Waals surface area (Å²) in [6.45, 7) is 11.1. The fourth-order valence-electron chi connectivity index (χ4n) is 3.56. The summed E-state index contributed by atoms with van der Waals surface area (Å²) < 4.78 is 5.23. The van der Waals surface area contributed by atoms with E-state index in [1.54, 1.807) is 39.0 Å². The number of amides is 3. The minimum atomic E-state index is -1.02. The van der Waals surface area contributed by atoms with E-state index in [0.717, 1.165) is 25.7 Å². The molecule has 1 atom stereocenters. The van der Waals surface area contributed by atoms with Crippen molar-refractivity contribution in [1.82, 2.24) is 15.5 Å². The molecule has 0 heterocycles. The maximum atomic E-state index is 13.3. The Bertz CT molecular complexity index is 789. The molecule has 0 aliphatic rings. The van der Waals surface area contributed by atoms with Crippen LogP contribution in [-0.2, 0) is 14.3 Å². The molecule has 192 valence electrons. The Labute approximate surface area is 204 Å². The van der Waals surface area contributed by atoms with Gasteiger partial charge in [-0.1, -0.05) is 57.2 Å². The molecule has 0 fully saturated rings. The Balaban J connectivity index is 3.13. The van der Waals surface area contributed by atoms with Crippen molar-refractivity contribution in [3.8, 4) is 5.75 Å². The van der Waals surface area contributed by atoms with Crippen LogP contribution in [0, 0.1) is 0 Å². The number of unbranched alkanes of at least 4 members (excludes halogenated alkanes) is 5. The quantitative estimate of drug-likeness (QED) is 0.358. The maximum absolute atomic E-state index is 13.3. The van der Waals surface area contributed by atoms with Gasteiger partial charge in [0.15, 0.2) is 0 Å². The molecule has 0 aliphatic carbocycles. The standard InChI is InChI=1S/C26H43N3O5/c1-7-8-9-10-11-14-17-29(22(31)18-27-25(33)34-26(4,5)6)23(24(32)28-19(2)3)20-15-12-13-16-21(20)30/h12-13,15-16,19,23,30H,7-11,14,17-18H2,1-6H3,(H,27,33)(H,28,32). The van der Waals surface area contributed by atoms with E-state index in [1.165, 1.54) is 17.4 Å². The van der Waals surface area contributed by atoms with Crippen LogP contribution < -0.4 is 10.6 Å². The summed E-state index contributed by atoms with van der Waals surface area (Å²) in [5.41, 5.74) is -0.349. The molecule has 34 heavy (non-hydrogen) atoms. The molecule has 3 amide bonds. The monoisotopic (exact) mass is 477 g/mol. The lowest BCUT2D eigenvalue weighted by atomic mass is 10.0. The van der Waals surface area contributed by atoms with Crippen LogP contribution in [-0.4, -0.2) is 52.6 Å². The van der Waals surface area contributed by atoms with Crippen LogP contribution in [0.15, 0.2) is 24.3 Å². The molecule has 1 rings (SSSR count). The van der Waals surface area contributed by atoms with E-state index in [2.05, 4.69) is 17.6 Å². The minimum absolute atomic E-state index is 0.0627. The van der Waals surface area contributed by atoms with Gasteiger partial charge in [0.05, 0.1) is 0 Å². The summed E-state index contributed by atoms with van der Waals surface area (Å²) in [4.78, 5) is 40.1. The fourth-order valence-corrected chi connectivity index (χ4v) is 3.56. The number of nitrogens with one attached hydrogen (secondary N) is 2. The van der Waals surface area contributed by atoms with Crippen LogP contribution in [0.2, 0.25) is 0 Å². The number of phenols is 1. The molecule has 3 N–H and O–H groups in total. The van der Waals surface area contributed by atoms with Crippen LogP contribution in [0.4, 0.5) is 4.79 Å². The van der Waals surface area contributed by atoms with Gasteiger partial charge in [0.2, 0.25) is 11.8 Å². The smallest absolute Gasteiger partial charge is 0.408 e. The van der Waals surface area contributed by atoms with Gasteiger partial charge < -0.3 is 25.4 Å². The largest absolute Gasteiger partial charge is 0.508 e. The number of benzene rings is 1. The summed E-state index contributed by atoms with van der Waals surface area (Å²) in [6.07, 6.45) is 5.41. The molecule has 0 radical (unpaired) electrons. The first-order valence-electron chi connectivity index (χ1n) is 12.3. The number of rotatable bonds is 13. The van der Waals surface area contributed by atoms with Crippen molar-refractivity contribution in [1.29, 1.82) is 0 Å². The van der Waals surface area contributed by atoms with Gasteiger partial charge in [-0.3, -0.25) is 9.59 Å². The number of nitrogens with zero attached hydrogens (tertiary/aromatic N) is 1. The van der Waals surface area contributed by atoms with E-state index in [1.807, 2.05) is 13.8 Å². The maximum Gasteiger partial charge on any atom is 0.408 e. The van der Waals surface area contributed by atoms with Gasteiger partial charge in [-0.25, -0.2) is 4.79 Å². The Morgan fingerprint density at radius 3 is 2.24 bits per heavy atom. The van der Waals surface area contributed by atoms with Gasteiger partial charge in [-0.2, -0.15) is 0 Å². The first-order valence-corrected chi connectivity index (χ1v) is 12.3. The normalized spacial score (nSPS) is 12.2. The highest BCUT2D eigenvalue weighted by Crippen LogP contribution is 2.29. The second-order valence-corrected chi connectivity index (χ2v) is 9.83. The van der Waals surface area contributed by atoms with Gasteiger partial charge >= 0.3 is 6.09 Å². The second kappa shape index (κ2) is 14.5. The molecule has 0 saturated carbocycles. The third-order valence-electron chi connectivity index (χ3n) is 5.08. The summed E-state index contributed by atoms with van der Waals surface area (Å²) >= 11 is 0. The number of aromatic hydroxyl groups is 1. The van der Waals surface area contributed by atoms with E-state index in [0.29, 0.717) is 18.5 Å². The number of carbonyl (C=O) groups excluding carboxylic acids is 3. The summed E-state index contributed by atoms with van der Waals surface area (Å²) in [6, 6.07) is 5.36. The average molecular weight is 478 g/mol. The zero-order chi connectivity index (χ0) is 25.7. The van der Waals surface area contributed by atoms with E-state index < -0.39 is 23.6 Å². The minimum Gasteiger partial charge on any atom is -0.508 e. The van der Waals surface area contributed by atoms with Crippen molar-refractivity contribution < 1.29 is 24.2 Å². The van der Waals surface area contributed by atoms with Gasteiger partial charge in [-0.05, 0) is 47.1 Å². The van der Waals surface area contributed by atoms with Crippen LogP contribution in [0.25, 0.3) is 0 Å². The van der Waals surface area contributed by atoms with Crippen molar-refractivity contribution in [2.45, 2.75) is 97.8 Å². The molecule has 0 aliphatic heterocycles. The van der Waals surface area contributed by atoms with Crippen LogP contribution in [0.3, 0.4) is 0 Å². The molecule has 1 aromatic rings. The predicted molar refractivity (Wildman–Crippen MR) is 133 cm³/mol. The fraction of sp³-hybridized carbons (Fsp3) is 0.654. The van der Waals surface area contributed by atoms with E-state index in [4.69, 9.17) is 4.74 Å². The van der Waals surface area contributed by atoms with Crippen molar-refractivity contribution in [2.24, 2.45) is 0 Å². The van der Waals surface area contributed by atoms with Crippen molar-refractivity contribution >= 4 is 17.9 Å². The van der Waals surface area contributed by atoms with Crippen LogP contribution in [0.5, 0.6) is 5.75 Å². The summed E-state index contributed by atoms with van der Waals surface area (Å²) in [5, 5.41) is 15.9. The molecule has 8 heteroatoms. The zero-order valence-corrected chi connectivity index (χ0v) is 21.6. The third kappa shape index (κ3) is 10.9. The van der Waals surface area contributed by atoms with Crippen molar-refractivity contribution in [3.63, 3.8) is 0 Å². The number of carbonyl (C=O) groups is 3. The van der Waals surface area contributed by atoms with Crippen LogP contribution >= 0.6 is 0 Å². The Morgan fingerprint density at radius 2 is 1.65 bits per heavy atom. The van der Waals surface area contributed by atoms with Gasteiger partial charge in [-0.15, -0.1) is 0 Å². The highest BCUT2D eigenvalue weighted by atomic mass is 16.6. The van der Waals surface area contributed by atoms with Gasteiger partial charge in [0.25, 0.3) is 0 Å². The zero-order valence-electron chi connectivity index (χ0n) is 21.6. The van der Waals surface area contributed by atoms with Crippen LogP contribution in [0.1, 0.15) is 91.7 Å². The number of phenolic OH excluding ortho intramolecular Hbond substituents is 1. The molecular formula is C26H43N3O5. The topological polar surface area (TPSA) is 108 Å². The summed E-state index contributed by atoms with van der Waals surface area (Å²) in [7, 11) is 0. The molecule has 1 aromatic carbocycles. The highest BCUT2D eigenvalue weighted by molar-refractivity contribution is 5.91. The number of ether oxygens (including phenoxy) is 1. The van der Waals surface area contributed by atoms with Gasteiger partial charge in [0, 0.05) is 18.2 Å². The SMILES string of the molecule is CCCCCCCCN(C(=O)CNC(=O)OC(C)(C)C)C(C(=O)NC(C)C)c1ccccc1O. The number of para-hydroxylation sites is 1. The Kier molecular flexibility index (Phi) is 12.5. The molecule has 0 saturated heterocycles. The van der Waals surface area contributed by atoms with Crippen molar-refractivity contribution in [2.75, 3.05) is 13.1 Å². The van der Waals surface area contributed by atoms with Gasteiger partial charge in [0.1, 0.15) is 23.9 Å². The lowest BCUT2D eigenvalue weighted by Crippen LogP contribution is -2.49. The number of hydrogen-bond acceptors (Lipinski definition) is 5. The molecule has 8 nitrogen and oxygen atoms in total. The number of alkyl carbamates (subject to hydrolysis) is 1. The van der Waals surface area contributed by atoms with E-state index in [9.17, 15) is 19.5 Å². The van der Waals surface area contributed by atoms with E-state index in [-0.39, 0.29) is 24.2 Å². The molecular weight excluding hydrogens is 434 g/mol. The molecule has 0 aromatic heterocycles. The summed E-state index contributed by atoms with van der Waals surface area (Å²) in [5.74, 6) is -0.869. The average Bonchev–Trinajstić information content (AvgIpc) is 2.73. The molecule has 0 bridgehead atoms. The first-order chi connectivity index (χ1) is 16.0.